The van der Waals surface area contributed by atoms with E-state index in [4.69, 9.17) is 0 Å². The van der Waals surface area contributed by atoms with Crippen molar-refractivity contribution in [1.29, 1.82) is 0 Å². The van der Waals surface area contributed by atoms with Crippen LogP contribution in [0.5, 0.6) is 0 Å². The van der Waals surface area contributed by atoms with Gasteiger partial charge in [-0.25, -0.2) is 13.1 Å². The number of hydrogen-bond acceptors (Lipinski definition) is 3. The monoisotopic (exact) mass is 343 g/mol. The van der Waals surface area contributed by atoms with Crippen LogP contribution in [0.25, 0.3) is 0 Å². The van der Waals surface area contributed by atoms with Crippen LogP contribution >= 0.6 is 15.9 Å². The third-order valence-electron chi connectivity index (χ3n) is 2.74. The van der Waals surface area contributed by atoms with Gasteiger partial charge in [0.1, 0.15) is 0 Å². The Morgan fingerprint density at radius 3 is 2.74 bits per heavy atom. The maximum atomic E-state index is 12.3. The molecule has 2 rings (SSSR count). The molecule has 19 heavy (non-hydrogen) atoms. The summed E-state index contributed by atoms with van der Waals surface area (Å²) in [5.74, 6) is 0. The molecule has 7 heteroatoms. The van der Waals surface area contributed by atoms with E-state index in [0.717, 1.165) is 15.6 Å². The molecule has 102 valence electrons. The minimum atomic E-state index is -3.52. The fraction of sp³-hybridized carbons (Fsp3) is 0.250. The number of aryl methyl sites for hydroxylation is 2. The fourth-order valence-electron chi connectivity index (χ4n) is 1.66. The first-order chi connectivity index (χ1) is 8.90. The molecule has 5 nitrogen and oxygen atoms in total. The zero-order chi connectivity index (χ0) is 14.0. The standard InChI is InChI=1S/C12H14BrN3O2S/c1-8-3-4-9(2)12(5-8)19(17,18)15-7-11-10(13)6-14-16-11/h3-6,15H,7H2,1-2H3,(H,14,16). The number of nitrogens with one attached hydrogen (secondary N) is 2. The molecule has 0 fully saturated rings. The van der Waals surface area contributed by atoms with Gasteiger partial charge in [0.15, 0.2) is 0 Å². The Bertz CT molecular complexity index is 695. The molecular weight excluding hydrogens is 330 g/mol. The van der Waals surface area contributed by atoms with Gasteiger partial charge in [-0.1, -0.05) is 12.1 Å². The number of sulfonamides is 1. The van der Waals surface area contributed by atoms with Gasteiger partial charge < -0.3 is 0 Å². The summed E-state index contributed by atoms with van der Waals surface area (Å²) in [6.45, 7) is 3.81. The Hall–Kier alpha value is -1.18. The fourth-order valence-corrected chi connectivity index (χ4v) is 3.32. The lowest BCUT2D eigenvalue weighted by molar-refractivity contribution is 0.579. The van der Waals surface area contributed by atoms with Gasteiger partial charge in [-0.15, -0.1) is 0 Å². The van der Waals surface area contributed by atoms with E-state index >= 15 is 0 Å². The number of rotatable bonds is 4. The minimum absolute atomic E-state index is 0.163. The lowest BCUT2D eigenvalue weighted by Gasteiger charge is -2.09. The molecule has 0 radical (unpaired) electrons. The van der Waals surface area contributed by atoms with E-state index in [1.54, 1.807) is 25.3 Å². The zero-order valence-electron chi connectivity index (χ0n) is 10.6. The summed E-state index contributed by atoms with van der Waals surface area (Å²) in [6.07, 6.45) is 1.58. The summed E-state index contributed by atoms with van der Waals surface area (Å²) in [4.78, 5) is 0.308. The van der Waals surface area contributed by atoms with Gasteiger partial charge in [0, 0.05) is 0 Å². The maximum absolute atomic E-state index is 12.3. The highest BCUT2D eigenvalue weighted by Gasteiger charge is 2.17. The number of nitrogens with zero attached hydrogens (tertiary/aromatic N) is 1. The molecule has 0 spiro atoms. The SMILES string of the molecule is Cc1ccc(C)c(S(=O)(=O)NCc2[nH]ncc2Br)c1. The Labute approximate surface area is 120 Å². The molecule has 0 bridgehead atoms. The van der Waals surface area contributed by atoms with Crippen LogP contribution in [0.15, 0.2) is 33.8 Å². The van der Waals surface area contributed by atoms with Crippen LogP contribution in [-0.4, -0.2) is 18.6 Å². The summed E-state index contributed by atoms with van der Waals surface area (Å²) in [5.41, 5.74) is 2.32. The topological polar surface area (TPSA) is 74.8 Å². The van der Waals surface area contributed by atoms with E-state index in [9.17, 15) is 8.42 Å². The molecule has 0 saturated heterocycles. The van der Waals surface area contributed by atoms with E-state index < -0.39 is 10.0 Å². The maximum Gasteiger partial charge on any atom is 0.241 e. The molecule has 0 saturated carbocycles. The van der Waals surface area contributed by atoms with Crippen LogP contribution < -0.4 is 4.72 Å². The van der Waals surface area contributed by atoms with Gasteiger partial charge in [0.25, 0.3) is 0 Å². The van der Waals surface area contributed by atoms with Crippen molar-refractivity contribution in [1.82, 2.24) is 14.9 Å². The molecule has 1 aromatic carbocycles. The molecule has 0 atom stereocenters. The lowest BCUT2D eigenvalue weighted by Crippen LogP contribution is -2.24. The number of H-pyrrole nitrogens is 1. The summed E-state index contributed by atoms with van der Waals surface area (Å²) in [5, 5.41) is 6.55. The average molecular weight is 344 g/mol. The molecule has 0 amide bonds. The van der Waals surface area contributed by atoms with E-state index in [1.165, 1.54) is 0 Å². The predicted molar refractivity (Wildman–Crippen MR) is 76.2 cm³/mol. The van der Waals surface area contributed by atoms with Crippen molar-refractivity contribution in [2.75, 3.05) is 0 Å². The molecule has 0 unspecified atom stereocenters. The van der Waals surface area contributed by atoms with Crippen LogP contribution in [0.3, 0.4) is 0 Å². The molecule has 0 aliphatic heterocycles. The van der Waals surface area contributed by atoms with E-state index in [-0.39, 0.29) is 6.54 Å². The first-order valence-corrected chi connectivity index (χ1v) is 7.92. The number of aromatic nitrogens is 2. The van der Waals surface area contributed by atoms with E-state index in [1.807, 2.05) is 13.0 Å². The normalized spacial score (nSPS) is 11.7. The number of halogens is 1. The largest absolute Gasteiger partial charge is 0.280 e. The van der Waals surface area contributed by atoms with Crippen LogP contribution in [-0.2, 0) is 16.6 Å². The van der Waals surface area contributed by atoms with Crippen molar-refractivity contribution in [3.63, 3.8) is 0 Å². The summed E-state index contributed by atoms with van der Waals surface area (Å²) in [6, 6.07) is 5.36. The quantitative estimate of drug-likeness (QED) is 0.894. The molecule has 2 aromatic rings. The second kappa shape index (κ2) is 5.44. The Kier molecular flexibility index (Phi) is 4.07. The molecule has 1 heterocycles. The molecule has 1 aromatic heterocycles. The second-order valence-corrected chi connectivity index (χ2v) is 6.88. The zero-order valence-corrected chi connectivity index (χ0v) is 13.0. The first-order valence-electron chi connectivity index (χ1n) is 5.65. The van der Waals surface area contributed by atoms with Gasteiger partial charge in [-0.3, -0.25) is 5.10 Å². The van der Waals surface area contributed by atoms with Crippen LogP contribution in [0.2, 0.25) is 0 Å². The van der Waals surface area contributed by atoms with Gasteiger partial charge in [-0.05, 0) is 47.0 Å². The second-order valence-electron chi connectivity index (χ2n) is 4.29. The Morgan fingerprint density at radius 1 is 1.37 bits per heavy atom. The van der Waals surface area contributed by atoms with Crippen molar-refractivity contribution in [3.8, 4) is 0 Å². The van der Waals surface area contributed by atoms with Crippen LogP contribution in [0.1, 0.15) is 16.8 Å². The highest BCUT2D eigenvalue weighted by atomic mass is 79.9. The smallest absolute Gasteiger partial charge is 0.241 e. The highest BCUT2D eigenvalue weighted by Crippen LogP contribution is 2.18. The molecular formula is C12H14BrN3O2S. The predicted octanol–water partition coefficient (Wildman–Crippen LogP) is 2.27. The summed E-state index contributed by atoms with van der Waals surface area (Å²) in [7, 11) is -3.52. The van der Waals surface area contributed by atoms with Gasteiger partial charge in [-0.2, -0.15) is 5.10 Å². The van der Waals surface area contributed by atoms with Gasteiger partial charge in [0.05, 0.1) is 27.8 Å². The summed E-state index contributed by atoms with van der Waals surface area (Å²) >= 11 is 3.29. The Morgan fingerprint density at radius 2 is 2.11 bits per heavy atom. The van der Waals surface area contributed by atoms with Gasteiger partial charge in [0.2, 0.25) is 10.0 Å². The highest BCUT2D eigenvalue weighted by molar-refractivity contribution is 9.10. The third-order valence-corrected chi connectivity index (χ3v) is 4.96. The average Bonchev–Trinajstić information content (AvgIpc) is 2.75. The summed E-state index contributed by atoms with van der Waals surface area (Å²) < 4.78 is 27.8. The number of benzene rings is 1. The lowest BCUT2D eigenvalue weighted by atomic mass is 10.2. The Balaban J connectivity index is 2.23. The van der Waals surface area contributed by atoms with Crippen molar-refractivity contribution >= 4 is 26.0 Å². The molecule has 0 aliphatic rings. The number of hydrogen-bond donors (Lipinski definition) is 2. The number of aromatic amines is 1. The molecule has 2 N–H and O–H groups in total. The van der Waals surface area contributed by atoms with Gasteiger partial charge >= 0.3 is 0 Å². The van der Waals surface area contributed by atoms with Crippen molar-refractivity contribution < 1.29 is 8.42 Å². The van der Waals surface area contributed by atoms with Crippen molar-refractivity contribution in [2.24, 2.45) is 0 Å². The van der Waals surface area contributed by atoms with Crippen LogP contribution in [0, 0.1) is 13.8 Å². The van der Waals surface area contributed by atoms with Crippen LogP contribution in [0.4, 0.5) is 0 Å². The van der Waals surface area contributed by atoms with E-state index in [2.05, 4.69) is 30.8 Å². The molecule has 0 aliphatic carbocycles. The van der Waals surface area contributed by atoms with Crippen molar-refractivity contribution in [3.05, 3.63) is 45.7 Å². The van der Waals surface area contributed by atoms with E-state index in [0.29, 0.717) is 10.6 Å². The van der Waals surface area contributed by atoms with Crippen molar-refractivity contribution in [2.45, 2.75) is 25.3 Å². The minimum Gasteiger partial charge on any atom is -0.280 e. The third kappa shape index (κ3) is 3.23. The first kappa shape index (κ1) is 14.2.